The Labute approximate surface area is 145 Å². The van der Waals surface area contributed by atoms with Crippen LogP contribution in [-0.4, -0.2) is 29.9 Å². The summed E-state index contributed by atoms with van der Waals surface area (Å²) in [6, 6.07) is 14.6. The number of benzene rings is 2. The van der Waals surface area contributed by atoms with Gasteiger partial charge in [-0.15, -0.1) is 0 Å². The predicted molar refractivity (Wildman–Crippen MR) is 93.4 cm³/mol. The molecule has 0 N–H and O–H groups in total. The van der Waals surface area contributed by atoms with Crippen molar-refractivity contribution in [2.24, 2.45) is 0 Å². The lowest BCUT2D eigenvalue weighted by molar-refractivity contribution is -0.143. The summed E-state index contributed by atoms with van der Waals surface area (Å²) in [4.78, 5) is 26.0. The number of rotatable bonds is 4. The highest BCUT2D eigenvalue weighted by molar-refractivity contribution is 6.30. The molecule has 0 radical (unpaired) electrons. The van der Waals surface area contributed by atoms with Gasteiger partial charge < -0.3 is 4.74 Å². The molecule has 0 fully saturated rings. The smallest absolute Gasteiger partial charge is 0.326 e. The third-order valence-electron chi connectivity index (χ3n) is 3.74. The number of esters is 1. The zero-order valence-corrected chi connectivity index (χ0v) is 13.9. The van der Waals surface area contributed by atoms with Crippen LogP contribution in [0, 0.1) is 0 Å². The molecule has 0 saturated carbocycles. The number of ether oxygens (including phenoxy) is 1. The summed E-state index contributed by atoms with van der Waals surface area (Å²) in [6.45, 7) is 1.91. The van der Waals surface area contributed by atoms with E-state index in [1.165, 1.54) is 4.90 Å². The van der Waals surface area contributed by atoms with Crippen LogP contribution in [-0.2, 0) is 9.53 Å². The number of carbonyl (C=O) groups is 2. The van der Waals surface area contributed by atoms with Crippen molar-refractivity contribution in [2.75, 3.05) is 13.2 Å². The van der Waals surface area contributed by atoms with Crippen molar-refractivity contribution >= 4 is 35.3 Å². The van der Waals surface area contributed by atoms with Gasteiger partial charge in [-0.25, -0.2) is 0 Å². The van der Waals surface area contributed by atoms with Crippen LogP contribution in [0.15, 0.2) is 48.5 Å². The van der Waals surface area contributed by atoms with Gasteiger partial charge in [-0.3, -0.25) is 14.5 Å². The second-order valence-electron chi connectivity index (χ2n) is 5.32. The number of carbonyl (C=O) groups excluding carboxylic acids is 2. The summed E-state index contributed by atoms with van der Waals surface area (Å²) in [5.74, 6) is -0.625. The van der Waals surface area contributed by atoms with Crippen molar-refractivity contribution in [1.29, 1.82) is 0 Å². The summed E-state index contributed by atoms with van der Waals surface area (Å²) in [6.07, 6.45) is 1.87. The second kappa shape index (κ2) is 6.89. The molecule has 0 bridgehead atoms. The number of nitrogens with zero attached hydrogens (tertiary/aromatic N) is 1. The molecular formula is C19H16ClNO3. The van der Waals surface area contributed by atoms with E-state index in [1.54, 1.807) is 25.1 Å². The van der Waals surface area contributed by atoms with Crippen LogP contribution in [0.2, 0.25) is 5.02 Å². The Morgan fingerprint density at radius 3 is 2.46 bits per heavy atom. The van der Waals surface area contributed by atoms with E-state index in [1.807, 2.05) is 36.4 Å². The van der Waals surface area contributed by atoms with Crippen LogP contribution in [0.4, 0.5) is 0 Å². The molecule has 4 nitrogen and oxygen atoms in total. The topological polar surface area (TPSA) is 46.6 Å². The second-order valence-corrected chi connectivity index (χ2v) is 5.76. The minimum atomic E-state index is -0.430. The van der Waals surface area contributed by atoms with Gasteiger partial charge in [0.25, 0.3) is 5.91 Å². The Hall–Kier alpha value is -2.59. The van der Waals surface area contributed by atoms with Crippen LogP contribution in [0.1, 0.15) is 28.4 Å². The summed E-state index contributed by atoms with van der Waals surface area (Å²) >= 11 is 5.92. The van der Waals surface area contributed by atoms with Crippen LogP contribution in [0.5, 0.6) is 0 Å². The zero-order valence-electron chi connectivity index (χ0n) is 13.2. The summed E-state index contributed by atoms with van der Waals surface area (Å²) in [5, 5.41) is 0.642. The molecule has 1 heterocycles. The van der Waals surface area contributed by atoms with Gasteiger partial charge in [0.05, 0.1) is 12.3 Å². The first kappa shape index (κ1) is 16.3. The Morgan fingerprint density at radius 2 is 1.79 bits per heavy atom. The minimum Gasteiger partial charge on any atom is -0.465 e. The fraction of sp³-hybridized carbons (Fsp3) is 0.158. The molecule has 24 heavy (non-hydrogen) atoms. The zero-order chi connectivity index (χ0) is 17.1. The molecule has 2 aromatic carbocycles. The van der Waals surface area contributed by atoms with E-state index in [0.29, 0.717) is 16.3 Å². The summed E-state index contributed by atoms with van der Waals surface area (Å²) in [5.41, 5.74) is 2.97. The van der Waals surface area contributed by atoms with E-state index in [2.05, 4.69) is 0 Å². The Morgan fingerprint density at radius 1 is 1.12 bits per heavy atom. The van der Waals surface area contributed by atoms with Crippen LogP contribution >= 0.6 is 11.6 Å². The van der Waals surface area contributed by atoms with E-state index >= 15 is 0 Å². The standard InChI is InChI=1S/C19H16ClNO3/c1-2-24-18(22)12-21-17(11-13-7-9-14(20)10-8-13)15-5-3-4-6-16(15)19(21)23/h3-11H,2,12H2,1H3/b17-11+. The van der Waals surface area contributed by atoms with Gasteiger partial charge in [-0.1, -0.05) is 41.9 Å². The molecule has 0 aromatic heterocycles. The normalized spacial score (nSPS) is 14.8. The lowest BCUT2D eigenvalue weighted by atomic mass is 10.1. The van der Waals surface area contributed by atoms with E-state index in [0.717, 1.165) is 11.1 Å². The van der Waals surface area contributed by atoms with Gasteiger partial charge in [0.1, 0.15) is 6.54 Å². The Bertz CT molecular complexity index is 812. The fourth-order valence-electron chi connectivity index (χ4n) is 2.66. The lowest BCUT2D eigenvalue weighted by Crippen LogP contribution is -2.30. The summed E-state index contributed by atoms with van der Waals surface area (Å²) in [7, 11) is 0. The predicted octanol–water partition coefficient (Wildman–Crippen LogP) is 3.86. The molecule has 0 spiro atoms. The first-order valence-electron chi connectivity index (χ1n) is 7.64. The summed E-state index contributed by atoms with van der Waals surface area (Å²) < 4.78 is 4.99. The van der Waals surface area contributed by atoms with Crippen LogP contribution in [0.25, 0.3) is 11.8 Å². The maximum absolute atomic E-state index is 12.6. The van der Waals surface area contributed by atoms with Gasteiger partial charge >= 0.3 is 5.97 Å². The maximum Gasteiger partial charge on any atom is 0.326 e. The average Bonchev–Trinajstić information content (AvgIpc) is 2.83. The average molecular weight is 342 g/mol. The Kier molecular flexibility index (Phi) is 4.67. The highest BCUT2D eigenvalue weighted by Crippen LogP contribution is 2.34. The van der Waals surface area contributed by atoms with E-state index < -0.39 is 5.97 Å². The Balaban J connectivity index is 2.02. The number of amides is 1. The van der Waals surface area contributed by atoms with Crippen molar-refractivity contribution in [2.45, 2.75) is 6.92 Å². The number of hydrogen-bond donors (Lipinski definition) is 0. The molecule has 2 aromatic rings. The molecular weight excluding hydrogens is 326 g/mol. The first-order chi connectivity index (χ1) is 11.6. The van der Waals surface area contributed by atoms with Crippen LogP contribution < -0.4 is 0 Å². The van der Waals surface area contributed by atoms with Crippen molar-refractivity contribution in [3.05, 3.63) is 70.2 Å². The van der Waals surface area contributed by atoms with E-state index in [9.17, 15) is 9.59 Å². The van der Waals surface area contributed by atoms with Crippen molar-refractivity contribution in [3.63, 3.8) is 0 Å². The van der Waals surface area contributed by atoms with Gasteiger partial charge in [0, 0.05) is 16.1 Å². The van der Waals surface area contributed by atoms with Crippen molar-refractivity contribution in [3.8, 4) is 0 Å². The molecule has 122 valence electrons. The molecule has 3 rings (SSSR count). The van der Waals surface area contributed by atoms with Crippen LogP contribution in [0.3, 0.4) is 0 Å². The van der Waals surface area contributed by atoms with Gasteiger partial charge in [0.2, 0.25) is 0 Å². The highest BCUT2D eigenvalue weighted by atomic mass is 35.5. The number of halogens is 1. The van der Waals surface area contributed by atoms with Gasteiger partial charge in [-0.2, -0.15) is 0 Å². The monoisotopic (exact) mass is 341 g/mol. The van der Waals surface area contributed by atoms with Crippen molar-refractivity contribution < 1.29 is 14.3 Å². The molecule has 0 atom stereocenters. The number of fused-ring (bicyclic) bond motifs is 1. The maximum atomic E-state index is 12.6. The van der Waals surface area contributed by atoms with E-state index in [-0.39, 0.29) is 19.1 Å². The molecule has 0 saturated heterocycles. The number of hydrogen-bond acceptors (Lipinski definition) is 3. The minimum absolute atomic E-state index is 0.110. The molecule has 5 heteroatoms. The van der Waals surface area contributed by atoms with E-state index in [4.69, 9.17) is 16.3 Å². The van der Waals surface area contributed by atoms with Crippen molar-refractivity contribution in [1.82, 2.24) is 4.90 Å². The quantitative estimate of drug-likeness (QED) is 0.793. The first-order valence-corrected chi connectivity index (χ1v) is 8.02. The fourth-order valence-corrected chi connectivity index (χ4v) is 2.78. The molecule has 0 unspecified atom stereocenters. The SMILES string of the molecule is CCOC(=O)CN1C(=O)c2ccccc2/C1=C\c1ccc(Cl)cc1. The molecule has 1 aliphatic rings. The molecule has 1 aliphatic heterocycles. The largest absolute Gasteiger partial charge is 0.465 e. The molecule has 0 aliphatic carbocycles. The highest BCUT2D eigenvalue weighted by Gasteiger charge is 2.33. The van der Waals surface area contributed by atoms with Gasteiger partial charge in [0.15, 0.2) is 0 Å². The van der Waals surface area contributed by atoms with Gasteiger partial charge in [-0.05, 0) is 36.8 Å². The lowest BCUT2D eigenvalue weighted by Gasteiger charge is -2.17. The molecule has 1 amide bonds. The third-order valence-corrected chi connectivity index (χ3v) is 3.99. The third kappa shape index (κ3) is 3.19.